The number of hydrogen-bond acceptors (Lipinski definition) is 6. The summed E-state index contributed by atoms with van der Waals surface area (Å²) in [4.78, 5) is 8.15. The zero-order chi connectivity index (χ0) is 18.9. The van der Waals surface area contributed by atoms with E-state index < -0.39 is 5.41 Å². The van der Waals surface area contributed by atoms with Crippen molar-refractivity contribution in [3.8, 4) is 23.8 Å². The highest BCUT2D eigenvalue weighted by Crippen LogP contribution is 2.42. The van der Waals surface area contributed by atoms with Gasteiger partial charge in [0.05, 0.1) is 19.6 Å². The molecule has 0 fully saturated rings. The molecule has 0 aliphatic carbocycles. The molecule has 0 saturated heterocycles. The number of hydrogen-bond donors (Lipinski definition) is 2. The molecule has 25 heavy (non-hydrogen) atoms. The highest BCUT2D eigenvalue weighted by Gasteiger charge is 2.35. The van der Waals surface area contributed by atoms with Crippen LogP contribution in [-0.4, -0.2) is 34.4 Å². The standard InChI is InChI=1S/C18H24N4O2Si/c1-7-18(4,11-8-21-17(20)22-16(11)19)12-9(2)13(23-5)14(24-6)15(25)10(12)3/h1,8H,2-6,25H3,(H4,19,20,21,22). The molecule has 2 aromatic rings. The fourth-order valence-electron chi connectivity index (χ4n) is 3.41. The predicted molar refractivity (Wildman–Crippen MR) is 105 cm³/mol. The van der Waals surface area contributed by atoms with Crippen LogP contribution < -0.4 is 26.1 Å². The Morgan fingerprint density at radius 1 is 1.16 bits per heavy atom. The van der Waals surface area contributed by atoms with Crippen molar-refractivity contribution in [2.45, 2.75) is 26.2 Å². The second-order valence-electron chi connectivity index (χ2n) is 6.11. The third-order valence-electron chi connectivity index (χ3n) is 4.77. The van der Waals surface area contributed by atoms with Gasteiger partial charge >= 0.3 is 0 Å². The number of aromatic nitrogens is 2. The quantitative estimate of drug-likeness (QED) is 0.600. The third kappa shape index (κ3) is 2.79. The highest BCUT2D eigenvalue weighted by molar-refractivity contribution is 6.36. The normalized spacial score (nSPS) is 13.1. The molecule has 6 nitrogen and oxygen atoms in total. The van der Waals surface area contributed by atoms with Crippen LogP contribution in [0.3, 0.4) is 0 Å². The molecule has 0 radical (unpaired) electrons. The molecule has 1 unspecified atom stereocenters. The van der Waals surface area contributed by atoms with Crippen molar-refractivity contribution < 1.29 is 9.47 Å². The van der Waals surface area contributed by atoms with E-state index in [9.17, 15) is 0 Å². The van der Waals surface area contributed by atoms with Gasteiger partial charge in [-0.3, -0.25) is 0 Å². The smallest absolute Gasteiger partial charge is 0.221 e. The topological polar surface area (TPSA) is 96.3 Å². The summed E-state index contributed by atoms with van der Waals surface area (Å²) in [5, 5.41) is 1.09. The minimum absolute atomic E-state index is 0.116. The minimum Gasteiger partial charge on any atom is -0.493 e. The Labute approximate surface area is 151 Å². The summed E-state index contributed by atoms with van der Waals surface area (Å²) in [7, 11) is 4.04. The molecule has 7 heteroatoms. The van der Waals surface area contributed by atoms with Gasteiger partial charge < -0.3 is 20.9 Å². The second kappa shape index (κ2) is 6.65. The number of methoxy groups -OCH3 is 2. The Balaban J connectivity index is 2.91. The van der Waals surface area contributed by atoms with Crippen LogP contribution in [0.4, 0.5) is 11.8 Å². The first-order chi connectivity index (χ1) is 11.7. The molecule has 1 aromatic heterocycles. The van der Waals surface area contributed by atoms with Crippen molar-refractivity contribution in [1.82, 2.24) is 9.97 Å². The largest absolute Gasteiger partial charge is 0.493 e. The lowest BCUT2D eigenvalue weighted by molar-refractivity contribution is 0.354. The van der Waals surface area contributed by atoms with E-state index in [1.54, 1.807) is 20.4 Å². The Morgan fingerprint density at radius 3 is 2.24 bits per heavy atom. The Hall–Kier alpha value is -2.72. The SMILES string of the molecule is C#CC(C)(c1cnc(N)nc1N)c1c(C)c([SiH3])c(OC)c(OC)c1C. The Bertz CT molecular complexity index is 877. The van der Waals surface area contributed by atoms with Crippen LogP contribution >= 0.6 is 0 Å². The molecular weight excluding hydrogens is 332 g/mol. The number of benzene rings is 1. The molecule has 0 bridgehead atoms. The van der Waals surface area contributed by atoms with E-state index in [4.69, 9.17) is 27.4 Å². The summed E-state index contributed by atoms with van der Waals surface area (Å²) < 4.78 is 11.2. The number of anilines is 2. The van der Waals surface area contributed by atoms with Crippen molar-refractivity contribution in [2.24, 2.45) is 0 Å². The number of ether oxygens (including phenoxy) is 2. The van der Waals surface area contributed by atoms with Crippen molar-refractivity contribution in [2.75, 3.05) is 25.7 Å². The summed E-state index contributed by atoms with van der Waals surface area (Å²) in [6, 6.07) is 0. The van der Waals surface area contributed by atoms with Crippen molar-refractivity contribution in [3.05, 3.63) is 28.5 Å². The average Bonchev–Trinajstić information content (AvgIpc) is 2.57. The molecule has 0 amide bonds. The molecule has 0 saturated carbocycles. The summed E-state index contributed by atoms with van der Waals surface area (Å²) in [6.45, 7) is 5.94. The maximum atomic E-state index is 6.11. The van der Waals surface area contributed by atoms with Crippen molar-refractivity contribution in [3.63, 3.8) is 0 Å². The first-order valence-electron chi connectivity index (χ1n) is 7.81. The van der Waals surface area contributed by atoms with E-state index in [0.717, 1.165) is 37.9 Å². The van der Waals surface area contributed by atoms with E-state index in [0.29, 0.717) is 11.3 Å². The van der Waals surface area contributed by atoms with Crippen molar-refractivity contribution >= 4 is 27.2 Å². The zero-order valence-corrected chi connectivity index (χ0v) is 17.5. The van der Waals surface area contributed by atoms with Gasteiger partial charge in [0, 0.05) is 27.6 Å². The van der Waals surface area contributed by atoms with Crippen LogP contribution in [0.15, 0.2) is 6.20 Å². The van der Waals surface area contributed by atoms with Gasteiger partial charge in [0.15, 0.2) is 11.5 Å². The number of terminal acetylenes is 1. The highest BCUT2D eigenvalue weighted by atomic mass is 28.1. The number of nitrogen functional groups attached to an aromatic ring is 2. The molecule has 1 aromatic carbocycles. The number of nitrogens with zero attached hydrogens (tertiary/aromatic N) is 2. The van der Waals surface area contributed by atoms with E-state index in [1.807, 2.05) is 20.8 Å². The van der Waals surface area contributed by atoms with Gasteiger partial charge in [0.25, 0.3) is 0 Å². The van der Waals surface area contributed by atoms with Gasteiger partial charge in [0.2, 0.25) is 5.95 Å². The molecule has 0 aliphatic heterocycles. The van der Waals surface area contributed by atoms with Crippen LogP contribution in [0.1, 0.15) is 29.2 Å². The van der Waals surface area contributed by atoms with E-state index in [1.165, 1.54) is 0 Å². The van der Waals surface area contributed by atoms with Crippen LogP contribution in [0.5, 0.6) is 11.5 Å². The first-order valence-corrected chi connectivity index (χ1v) is 8.81. The van der Waals surface area contributed by atoms with Gasteiger partial charge in [0.1, 0.15) is 5.82 Å². The van der Waals surface area contributed by atoms with Crippen molar-refractivity contribution in [1.29, 1.82) is 0 Å². The average molecular weight is 357 g/mol. The predicted octanol–water partition coefficient (Wildman–Crippen LogP) is 0.205. The summed E-state index contributed by atoms with van der Waals surface area (Å²) in [5.41, 5.74) is 14.5. The molecule has 1 heterocycles. The molecule has 2 rings (SSSR count). The minimum atomic E-state index is -0.829. The zero-order valence-electron chi connectivity index (χ0n) is 15.5. The summed E-state index contributed by atoms with van der Waals surface area (Å²) in [6.07, 6.45) is 7.57. The van der Waals surface area contributed by atoms with Gasteiger partial charge in [-0.1, -0.05) is 5.92 Å². The molecular formula is C18H24N4O2Si. The van der Waals surface area contributed by atoms with E-state index in [2.05, 4.69) is 15.9 Å². The van der Waals surface area contributed by atoms with Gasteiger partial charge in [-0.15, -0.1) is 6.42 Å². The lowest BCUT2D eigenvalue weighted by atomic mass is 9.73. The van der Waals surface area contributed by atoms with Gasteiger partial charge in [-0.05, 0) is 37.1 Å². The van der Waals surface area contributed by atoms with Crippen LogP contribution in [0.2, 0.25) is 0 Å². The molecule has 0 spiro atoms. The first kappa shape index (κ1) is 18.6. The number of rotatable bonds is 4. The molecule has 132 valence electrons. The second-order valence-corrected chi connectivity index (χ2v) is 7.11. The lowest BCUT2D eigenvalue weighted by Gasteiger charge is -2.31. The van der Waals surface area contributed by atoms with E-state index in [-0.39, 0.29) is 11.8 Å². The molecule has 1 atom stereocenters. The summed E-state index contributed by atoms with van der Waals surface area (Å²) >= 11 is 0. The van der Waals surface area contributed by atoms with Crippen LogP contribution in [-0.2, 0) is 5.41 Å². The van der Waals surface area contributed by atoms with Gasteiger partial charge in [-0.25, -0.2) is 4.98 Å². The Kier molecular flexibility index (Phi) is 4.95. The fraction of sp³-hybridized carbons (Fsp3) is 0.333. The fourth-order valence-corrected chi connectivity index (χ4v) is 4.10. The van der Waals surface area contributed by atoms with Crippen LogP contribution in [0, 0.1) is 26.2 Å². The number of nitrogens with two attached hydrogens (primary N) is 2. The summed E-state index contributed by atoms with van der Waals surface area (Å²) in [5.74, 6) is 4.72. The Morgan fingerprint density at radius 2 is 1.76 bits per heavy atom. The molecule has 4 N–H and O–H groups in total. The van der Waals surface area contributed by atoms with Gasteiger partial charge in [-0.2, -0.15) is 4.98 Å². The monoisotopic (exact) mass is 356 g/mol. The maximum Gasteiger partial charge on any atom is 0.221 e. The van der Waals surface area contributed by atoms with E-state index >= 15 is 0 Å². The molecule has 0 aliphatic rings. The lowest BCUT2D eigenvalue weighted by Crippen LogP contribution is -2.30. The third-order valence-corrected chi connectivity index (χ3v) is 5.98. The van der Waals surface area contributed by atoms with Crippen LogP contribution in [0.25, 0.3) is 0 Å². The maximum absolute atomic E-state index is 6.11.